The fourth-order valence-electron chi connectivity index (χ4n) is 4.14. The molecular weight excluding hydrogens is 366 g/mol. The summed E-state index contributed by atoms with van der Waals surface area (Å²) >= 11 is 0. The number of primary amides is 1. The van der Waals surface area contributed by atoms with Gasteiger partial charge in [-0.3, -0.25) is 9.59 Å². The number of fused-ring (bicyclic) bond motifs is 1. The molecule has 4 rings (SSSR count). The first kappa shape index (κ1) is 19.1. The minimum absolute atomic E-state index is 0.0615. The van der Waals surface area contributed by atoms with Crippen LogP contribution in [0.2, 0.25) is 0 Å². The number of rotatable bonds is 4. The molecule has 3 heterocycles. The van der Waals surface area contributed by atoms with Crippen LogP contribution in [-0.4, -0.2) is 44.4 Å². The van der Waals surface area contributed by atoms with Crippen LogP contribution < -0.4 is 5.73 Å². The lowest BCUT2D eigenvalue weighted by molar-refractivity contribution is -0.123. The molecule has 0 radical (unpaired) electrons. The number of nitrogens with zero attached hydrogens (tertiary/aromatic N) is 4. The second-order valence-electron chi connectivity index (χ2n) is 7.50. The molecule has 7 nitrogen and oxygen atoms in total. The van der Waals surface area contributed by atoms with Crippen LogP contribution in [0.3, 0.4) is 0 Å². The molecule has 1 aromatic carbocycles. The molecule has 2 amide bonds. The maximum atomic E-state index is 13.2. The molecule has 0 saturated carbocycles. The number of amides is 2. The molecule has 0 spiro atoms. The van der Waals surface area contributed by atoms with Gasteiger partial charge in [-0.1, -0.05) is 37.3 Å². The summed E-state index contributed by atoms with van der Waals surface area (Å²) in [5.74, 6) is -0.490. The van der Waals surface area contributed by atoms with Crippen LogP contribution in [-0.2, 0) is 11.2 Å². The van der Waals surface area contributed by atoms with Gasteiger partial charge >= 0.3 is 0 Å². The molecule has 1 aliphatic heterocycles. The van der Waals surface area contributed by atoms with Crippen molar-refractivity contribution in [1.82, 2.24) is 19.5 Å². The maximum Gasteiger partial charge on any atom is 0.257 e. The van der Waals surface area contributed by atoms with E-state index in [-0.39, 0.29) is 17.7 Å². The molecule has 150 valence electrons. The predicted octanol–water partition coefficient (Wildman–Crippen LogP) is 2.60. The largest absolute Gasteiger partial charge is 0.369 e. The zero-order chi connectivity index (χ0) is 20.5. The van der Waals surface area contributed by atoms with Gasteiger partial charge in [-0.25, -0.2) is 9.50 Å². The molecule has 1 fully saturated rings. The topological polar surface area (TPSA) is 93.6 Å². The van der Waals surface area contributed by atoms with Crippen molar-refractivity contribution in [3.05, 3.63) is 53.5 Å². The van der Waals surface area contributed by atoms with E-state index < -0.39 is 0 Å². The van der Waals surface area contributed by atoms with Gasteiger partial charge in [0.25, 0.3) is 5.91 Å². The Balaban J connectivity index is 1.72. The zero-order valence-corrected chi connectivity index (χ0v) is 16.8. The van der Waals surface area contributed by atoms with Gasteiger partial charge in [-0.2, -0.15) is 5.10 Å². The molecule has 29 heavy (non-hydrogen) atoms. The predicted molar refractivity (Wildman–Crippen MR) is 110 cm³/mol. The lowest BCUT2D eigenvalue weighted by Crippen LogP contribution is -2.42. The van der Waals surface area contributed by atoms with Crippen molar-refractivity contribution in [3.8, 4) is 11.1 Å². The van der Waals surface area contributed by atoms with Crippen molar-refractivity contribution in [2.75, 3.05) is 13.1 Å². The maximum absolute atomic E-state index is 13.2. The number of piperidine rings is 1. The van der Waals surface area contributed by atoms with E-state index in [2.05, 4.69) is 4.98 Å². The summed E-state index contributed by atoms with van der Waals surface area (Å²) in [5, 5.41) is 4.71. The molecule has 2 N–H and O–H groups in total. The standard InChI is InChI=1S/C22H25N5O2/c1-3-18-17(22(29)26-11-9-16(10-12-26)20(23)28)13-24-21-19(14(2)25-27(18)21)15-7-5-4-6-8-15/h4-8,13,16H,3,9-12H2,1-2H3,(H2,23,28). The third-order valence-electron chi connectivity index (χ3n) is 5.73. The average Bonchev–Trinajstić information content (AvgIpc) is 3.09. The smallest absolute Gasteiger partial charge is 0.257 e. The van der Waals surface area contributed by atoms with E-state index in [1.165, 1.54) is 0 Å². The van der Waals surface area contributed by atoms with Gasteiger partial charge in [-0.05, 0) is 31.7 Å². The zero-order valence-electron chi connectivity index (χ0n) is 16.8. The Hall–Kier alpha value is -3.22. The molecule has 0 unspecified atom stereocenters. The van der Waals surface area contributed by atoms with Gasteiger partial charge in [0.05, 0.1) is 17.0 Å². The normalized spacial score (nSPS) is 15.0. The van der Waals surface area contributed by atoms with Crippen LogP contribution in [0, 0.1) is 12.8 Å². The molecule has 1 aliphatic rings. The van der Waals surface area contributed by atoms with Gasteiger partial charge < -0.3 is 10.6 Å². The van der Waals surface area contributed by atoms with E-state index >= 15 is 0 Å². The van der Waals surface area contributed by atoms with Gasteiger partial charge in [0.1, 0.15) is 0 Å². The van der Waals surface area contributed by atoms with Crippen molar-refractivity contribution >= 4 is 17.5 Å². The number of nitrogens with two attached hydrogens (primary N) is 1. The van der Waals surface area contributed by atoms with Gasteiger partial charge in [0.2, 0.25) is 5.91 Å². The summed E-state index contributed by atoms with van der Waals surface area (Å²) in [6, 6.07) is 10.0. The summed E-state index contributed by atoms with van der Waals surface area (Å²) < 4.78 is 1.81. The molecule has 7 heteroatoms. The number of carbonyl (C=O) groups excluding carboxylic acids is 2. The first-order valence-electron chi connectivity index (χ1n) is 10.0. The highest BCUT2D eigenvalue weighted by atomic mass is 16.2. The summed E-state index contributed by atoms with van der Waals surface area (Å²) in [4.78, 5) is 31.0. The number of likely N-dealkylation sites (tertiary alicyclic amines) is 1. The van der Waals surface area contributed by atoms with Gasteiger partial charge in [0, 0.05) is 30.8 Å². The van der Waals surface area contributed by atoms with Crippen molar-refractivity contribution in [3.63, 3.8) is 0 Å². The van der Waals surface area contributed by atoms with Crippen molar-refractivity contribution < 1.29 is 9.59 Å². The summed E-state index contributed by atoms with van der Waals surface area (Å²) in [7, 11) is 0. The van der Waals surface area contributed by atoms with Gasteiger partial charge in [-0.15, -0.1) is 0 Å². The lowest BCUT2D eigenvalue weighted by Gasteiger charge is -2.31. The molecule has 0 atom stereocenters. The molecule has 0 aliphatic carbocycles. The van der Waals surface area contributed by atoms with E-state index in [9.17, 15) is 9.59 Å². The van der Waals surface area contributed by atoms with Crippen molar-refractivity contribution in [2.45, 2.75) is 33.1 Å². The van der Waals surface area contributed by atoms with E-state index in [1.807, 2.05) is 44.2 Å². The van der Waals surface area contributed by atoms with Crippen LogP contribution in [0.4, 0.5) is 0 Å². The number of hydrogen-bond donors (Lipinski definition) is 1. The fraction of sp³-hybridized carbons (Fsp3) is 0.364. The monoisotopic (exact) mass is 391 g/mol. The average molecular weight is 391 g/mol. The van der Waals surface area contributed by atoms with Gasteiger partial charge in [0.15, 0.2) is 5.65 Å². The minimum Gasteiger partial charge on any atom is -0.369 e. The summed E-state index contributed by atoms with van der Waals surface area (Å²) in [5.41, 5.74) is 10.5. The highest BCUT2D eigenvalue weighted by Crippen LogP contribution is 2.29. The summed E-state index contributed by atoms with van der Waals surface area (Å²) in [6.07, 6.45) is 3.55. The van der Waals surface area contributed by atoms with E-state index in [0.29, 0.717) is 37.9 Å². The van der Waals surface area contributed by atoms with Crippen LogP contribution in [0.25, 0.3) is 16.8 Å². The van der Waals surface area contributed by atoms with Crippen LogP contribution in [0.5, 0.6) is 0 Å². The second kappa shape index (κ2) is 7.66. The Labute approximate surface area is 169 Å². The first-order chi connectivity index (χ1) is 14.0. The molecule has 3 aromatic rings. The molecule has 1 saturated heterocycles. The fourth-order valence-corrected chi connectivity index (χ4v) is 4.14. The Morgan fingerprint density at radius 1 is 1.17 bits per heavy atom. The minimum atomic E-state index is -0.283. The van der Waals surface area contributed by atoms with Crippen molar-refractivity contribution in [2.24, 2.45) is 11.7 Å². The number of benzene rings is 1. The highest BCUT2D eigenvalue weighted by molar-refractivity contribution is 5.96. The summed E-state index contributed by atoms with van der Waals surface area (Å²) in [6.45, 7) is 5.04. The van der Waals surface area contributed by atoms with E-state index in [1.54, 1.807) is 15.6 Å². The number of carbonyl (C=O) groups is 2. The quantitative estimate of drug-likeness (QED) is 0.740. The molecule has 0 bridgehead atoms. The number of aromatic nitrogens is 3. The number of aryl methyl sites for hydroxylation is 2. The third-order valence-corrected chi connectivity index (χ3v) is 5.73. The second-order valence-corrected chi connectivity index (χ2v) is 7.50. The number of hydrogen-bond acceptors (Lipinski definition) is 4. The Kier molecular flexibility index (Phi) is 5.05. The van der Waals surface area contributed by atoms with Crippen molar-refractivity contribution in [1.29, 1.82) is 0 Å². The molecular formula is C22H25N5O2. The van der Waals surface area contributed by atoms with Crippen LogP contribution >= 0.6 is 0 Å². The first-order valence-corrected chi connectivity index (χ1v) is 10.0. The lowest BCUT2D eigenvalue weighted by atomic mass is 9.96. The third kappa shape index (κ3) is 3.37. The van der Waals surface area contributed by atoms with Crippen LogP contribution in [0.1, 0.15) is 41.5 Å². The van der Waals surface area contributed by atoms with E-state index in [4.69, 9.17) is 10.8 Å². The van der Waals surface area contributed by atoms with E-state index in [0.717, 1.165) is 28.2 Å². The Bertz CT molecular complexity index is 1070. The SMILES string of the molecule is CCc1c(C(=O)N2CCC(C(N)=O)CC2)cnc2c(-c3ccccc3)c(C)nn12. The Morgan fingerprint density at radius 2 is 1.86 bits per heavy atom. The Morgan fingerprint density at radius 3 is 2.48 bits per heavy atom. The highest BCUT2D eigenvalue weighted by Gasteiger charge is 2.28. The van der Waals surface area contributed by atoms with Crippen LogP contribution in [0.15, 0.2) is 36.5 Å². The molecule has 2 aromatic heterocycles.